The Hall–Kier alpha value is -3.13. The molecule has 0 aliphatic carbocycles. The maximum absolute atomic E-state index is 12.3. The van der Waals surface area contributed by atoms with Gasteiger partial charge in [-0.25, -0.2) is 9.59 Å². The van der Waals surface area contributed by atoms with Gasteiger partial charge in [0.1, 0.15) is 5.58 Å². The fourth-order valence-electron chi connectivity index (χ4n) is 3.44. The van der Waals surface area contributed by atoms with Crippen molar-refractivity contribution in [1.29, 1.82) is 0 Å². The lowest BCUT2D eigenvalue weighted by Crippen LogP contribution is -2.43. The van der Waals surface area contributed by atoms with Crippen molar-refractivity contribution in [1.82, 2.24) is 10.2 Å². The molecule has 3 heterocycles. The van der Waals surface area contributed by atoms with Gasteiger partial charge in [-0.15, -0.1) is 0 Å². The highest BCUT2D eigenvalue weighted by molar-refractivity contribution is 5.97. The van der Waals surface area contributed by atoms with Crippen molar-refractivity contribution in [3.63, 3.8) is 0 Å². The average molecular weight is 372 g/mol. The quantitative estimate of drug-likeness (QED) is 0.697. The lowest BCUT2D eigenvalue weighted by Gasteiger charge is -2.23. The third kappa shape index (κ3) is 4.73. The number of fused-ring (bicyclic) bond motifs is 3. The predicted molar refractivity (Wildman–Crippen MR) is 96.4 cm³/mol. The Morgan fingerprint density at radius 1 is 1.11 bits per heavy atom. The van der Waals surface area contributed by atoms with E-state index in [1.165, 1.54) is 13.0 Å². The van der Waals surface area contributed by atoms with E-state index in [0.717, 1.165) is 24.1 Å². The largest absolute Gasteiger partial charge is 0.478 e. The molecule has 2 aliphatic heterocycles. The Balaban J connectivity index is 0.000000226. The molecule has 8 nitrogen and oxygen atoms in total. The smallest absolute Gasteiger partial charge is 0.328 e. The molecule has 0 spiro atoms. The van der Waals surface area contributed by atoms with Gasteiger partial charge in [0.25, 0.3) is 5.91 Å². The van der Waals surface area contributed by atoms with E-state index in [0.29, 0.717) is 29.7 Å². The van der Waals surface area contributed by atoms with Crippen molar-refractivity contribution < 1.29 is 29.0 Å². The van der Waals surface area contributed by atoms with Crippen LogP contribution in [0.25, 0.3) is 11.0 Å². The van der Waals surface area contributed by atoms with E-state index < -0.39 is 11.9 Å². The Morgan fingerprint density at radius 3 is 2.44 bits per heavy atom. The summed E-state index contributed by atoms with van der Waals surface area (Å²) in [5.74, 6) is -1.87. The molecular weight excluding hydrogens is 352 g/mol. The monoisotopic (exact) mass is 372 g/mol. The van der Waals surface area contributed by atoms with Gasteiger partial charge in [0, 0.05) is 42.2 Å². The minimum Gasteiger partial charge on any atom is -0.478 e. The van der Waals surface area contributed by atoms with Gasteiger partial charge in [0.2, 0.25) is 0 Å². The van der Waals surface area contributed by atoms with Crippen molar-refractivity contribution in [3.05, 3.63) is 48.2 Å². The van der Waals surface area contributed by atoms with Gasteiger partial charge in [-0.05, 0) is 37.1 Å². The average Bonchev–Trinajstić information content (AvgIpc) is 3.36. The maximum atomic E-state index is 12.3. The summed E-state index contributed by atoms with van der Waals surface area (Å²) in [5.41, 5.74) is 1.45. The topological polar surface area (TPSA) is 120 Å². The van der Waals surface area contributed by atoms with Gasteiger partial charge in [-0.2, -0.15) is 0 Å². The summed E-state index contributed by atoms with van der Waals surface area (Å²) < 4.78 is 5.34. The molecule has 3 atom stereocenters. The van der Waals surface area contributed by atoms with Crippen LogP contribution in [0.2, 0.25) is 0 Å². The number of piperidine rings is 1. The Labute approximate surface area is 155 Å². The van der Waals surface area contributed by atoms with Gasteiger partial charge in [-0.1, -0.05) is 6.07 Å². The van der Waals surface area contributed by atoms with Crippen LogP contribution in [0.15, 0.2) is 47.1 Å². The molecule has 4 rings (SSSR count). The lowest BCUT2D eigenvalue weighted by atomic mass is 9.99. The summed E-state index contributed by atoms with van der Waals surface area (Å²) in [5, 5.41) is 19.8. The standard InChI is InChI=1S/C15H16N2O2.C4H4O4/c18-15(16-13-9-17-5-3-12(13)8-17)11-2-1-10-4-6-19-14(10)7-11;5-3(6)1-2-4(7)8/h1-2,4,6-7,12-13H,3,5,8-9H2,(H,16,18);1-2H,(H,5,6)(H,7,8)/b;2-1+/t12-,13?;/m0./s1. The number of benzene rings is 1. The van der Waals surface area contributed by atoms with Crippen molar-refractivity contribution >= 4 is 28.8 Å². The van der Waals surface area contributed by atoms with Crippen LogP contribution in [0.4, 0.5) is 0 Å². The molecule has 2 aliphatic rings. The fraction of sp³-hybridized carbons (Fsp3) is 0.316. The molecule has 3 N–H and O–H groups in total. The summed E-state index contributed by atoms with van der Waals surface area (Å²) in [6, 6.07) is 7.82. The number of rotatable bonds is 4. The summed E-state index contributed by atoms with van der Waals surface area (Å²) in [4.78, 5) is 33.8. The molecule has 2 saturated heterocycles. The van der Waals surface area contributed by atoms with Crippen molar-refractivity contribution in [2.24, 2.45) is 5.92 Å². The normalized spacial score (nSPS) is 23.2. The lowest BCUT2D eigenvalue weighted by molar-refractivity contribution is -0.134. The molecule has 0 radical (unpaired) electrons. The first-order valence-electron chi connectivity index (χ1n) is 8.57. The third-order valence-electron chi connectivity index (χ3n) is 4.74. The number of carbonyl (C=O) groups is 3. The van der Waals surface area contributed by atoms with Gasteiger partial charge >= 0.3 is 11.9 Å². The Kier molecular flexibility index (Phi) is 5.56. The van der Waals surface area contributed by atoms with Gasteiger partial charge in [0.05, 0.1) is 6.26 Å². The Morgan fingerprint density at radius 2 is 1.85 bits per heavy atom. The molecule has 2 bridgehead atoms. The summed E-state index contributed by atoms with van der Waals surface area (Å²) in [6.45, 7) is 3.33. The minimum absolute atomic E-state index is 0.0112. The number of nitrogens with one attached hydrogen (secondary N) is 1. The molecule has 0 saturated carbocycles. The zero-order valence-corrected chi connectivity index (χ0v) is 14.5. The van der Waals surface area contributed by atoms with E-state index >= 15 is 0 Å². The van der Waals surface area contributed by atoms with Gasteiger partial charge < -0.3 is 24.8 Å². The number of furan rings is 1. The van der Waals surface area contributed by atoms with Crippen LogP contribution >= 0.6 is 0 Å². The number of amides is 1. The first kappa shape index (κ1) is 18.7. The van der Waals surface area contributed by atoms with Crippen LogP contribution in [-0.2, 0) is 9.59 Å². The van der Waals surface area contributed by atoms with Crippen LogP contribution < -0.4 is 5.32 Å². The van der Waals surface area contributed by atoms with Crippen LogP contribution in [0, 0.1) is 5.92 Å². The Bertz CT molecular complexity index is 871. The number of aliphatic carboxylic acids is 2. The van der Waals surface area contributed by atoms with Crippen LogP contribution in [-0.4, -0.2) is 58.6 Å². The van der Waals surface area contributed by atoms with E-state index in [9.17, 15) is 14.4 Å². The number of carboxylic acids is 2. The van der Waals surface area contributed by atoms with E-state index in [-0.39, 0.29) is 5.91 Å². The first-order chi connectivity index (χ1) is 12.9. The molecule has 142 valence electrons. The predicted octanol–water partition coefficient (Wildman–Crippen LogP) is 1.58. The molecule has 8 heteroatoms. The second kappa shape index (κ2) is 8.05. The number of carbonyl (C=O) groups excluding carboxylic acids is 1. The van der Waals surface area contributed by atoms with E-state index in [1.54, 1.807) is 6.26 Å². The minimum atomic E-state index is -1.26. The summed E-state index contributed by atoms with van der Waals surface area (Å²) in [6.07, 6.45) is 3.97. The maximum Gasteiger partial charge on any atom is 0.328 e. The van der Waals surface area contributed by atoms with Gasteiger partial charge in [-0.3, -0.25) is 4.79 Å². The molecule has 27 heavy (non-hydrogen) atoms. The van der Waals surface area contributed by atoms with Crippen LogP contribution in [0.3, 0.4) is 0 Å². The fourth-order valence-corrected chi connectivity index (χ4v) is 3.44. The molecule has 1 aromatic carbocycles. The summed E-state index contributed by atoms with van der Waals surface area (Å²) in [7, 11) is 0. The molecule has 2 aromatic rings. The zero-order valence-electron chi connectivity index (χ0n) is 14.5. The zero-order chi connectivity index (χ0) is 19.4. The van der Waals surface area contributed by atoms with E-state index in [4.69, 9.17) is 14.6 Å². The third-order valence-corrected chi connectivity index (χ3v) is 4.74. The van der Waals surface area contributed by atoms with Crippen molar-refractivity contribution in [3.8, 4) is 0 Å². The van der Waals surface area contributed by atoms with Crippen molar-refractivity contribution in [2.45, 2.75) is 12.5 Å². The molecule has 1 amide bonds. The highest BCUT2D eigenvalue weighted by Crippen LogP contribution is 2.28. The number of hydrogen-bond donors (Lipinski definition) is 3. The second-order valence-electron chi connectivity index (χ2n) is 6.57. The van der Waals surface area contributed by atoms with E-state index in [2.05, 4.69) is 10.2 Å². The van der Waals surface area contributed by atoms with Crippen LogP contribution in [0.5, 0.6) is 0 Å². The van der Waals surface area contributed by atoms with Crippen LogP contribution in [0.1, 0.15) is 16.8 Å². The molecule has 2 fully saturated rings. The molecule has 1 aromatic heterocycles. The highest BCUT2D eigenvalue weighted by atomic mass is 16.4. The highest BCUT2D eigenvalue weighted by Gasteiger charge is 2.38. The number of nitrogens with zero attached hydrogens (tertiary/aromatic N) is 1. The van der Waals surface area contributed by atoms with E-state index in [1.807, 2.05) is 24.3 Å². The van der Waals surface area contributed by atoms with Gasteiger partial charge in [0.15, 0.2) is 0 Å². The molecular formula is C19H20N2O6. The van der Waals surface area contributed by atoms with Crippen molar-refractivity contribution in [2.75, 3.05) is 19.6 Å². The number of carboxylic acid groups (broad SMARTS) is 2. The molecule has 2 unspecified atom stereocenters. The SMILES string of the molecule is O=C(NC1CN2CC[C@H]1C2)c1ccc2ccoc2c1.O=C(O)/C=C/C(=O)O. The number of hydrogen-bond acceptors (Lipinski definition) is 5. The second-order valence-corrected chi connectivity index (χ2v) is 6.57. The first-order valence-corrected chi connectivity index (χ1v) is 8.57. The summed E-state index contributed by atoms with van der Waals surface area (Å²) >= 11 is 0.